The Morgan fingerprint density at radius 3 is 2.47 bits per heavy atom. The van der Waals surface area contributed by atoms with Crippen LogP contribution in [0, 0.1) is 0 Å². The van der Waals surface area contributed by atoms with Gasteiger partial charge in [0.05, 0.1) is 7.11 Å². The molecule has 0 aliphatic rings. The number of benzene rings is 1. The van der Waals surface area contributed by atoms with E-state index in [1.165, 1.54) is 11.1 Å². The minimum atomic E-state index is -0.153. The standard InChI is InChI=1S/C13H21NO/c1-5-11-8-10(9-13(2,3)14)6-7-12(11)15-4/h6-8H,5,9,14H2,1-4H3. The normalized spacial score (nSPS) is 11.5. The Hall–Kier alpha value is -1.02. The van der Waals surface area contributed by atoms with Gasteiger partial charge in [0.1, 0.15) is 5.75 Å². The number of aryl methyl sites for hydroxylation is 1. The highest BCUT2D eigenvalue weighted by molar-refractivity contribution is 5.37. The van der Waals surface area contributed by atoms with Crippen molar-refractivity contribution in [2.75, 3.05) is 7.11 Å². The average Bonchev–Trinajstić information content (AvgIpc) is 2.15. The largest absolute Gasteiger partial charge is 0.496 e. The van der Waals surface area contributed by atoms with E-state index in [1.807, 2.05) is 19.9 Å². The first-order chi connectivity index (χ1) is 6.96. The van der Waals surface area contributed by atoms with Crippen molar-refractivity contribution < 1.29 is 4.74 Å². The second kappa shape index (κ2) is 4.67. The van der Waals surface area contributed by atoms with Gasteiger partial charge in [0.2, 0.25) is 0 Å². The van der Waals surface area contributed by atoms with Crippen molar-refractivity contribution in [1.82, 2.24) is 0 Å². The number of hydrogen-bond donors (Lipinski definition) is 1. The molecular weight excluding hydrogens is 186 g/mol. The molecule has 0 radical (unpaired) electrons. The van der Waals surface area contributed by atoms with E-state index < -0.39 is 0 Å². The van der Waals surface area contributed by atoms with Crippen LogP contribution >= 0.6 is 0 Å². The molecule has 1 aromatic rings. The summed E-state index contributed by atoms with van der Waals surface area (Å²) in [6.45, 7) is 6.22. The molecule has 0 unspecified atom stereocenters. The number of ether oxygens (including phenoxy) is 1. The molecule has 0 spiro atoms. The Balaban J connectivity index is 2.93. The predicted molar refractivity (Wildman–Crippen MR) is 64.3 cm³/mol. The van der Waals surface area contributed by atoms with Gasteiger partial charge in [-0.3, -0.25) is 0 Å². The maximum atomic E-state index is 6.00. The summed E-state index contributed by atoms with van der Waals surface area (Å²) in [6, 6.07) is 6.31. The Morgan fingerprint density at radius 2 is 2.00 bits per heavy atom. The summed E-state index contributed by atoms with van der Waals surface area (Å²) >= 11 is 0. The van der Waals surface area contributed by atoms with Crippen LogP contribution in [0.3, 0.4) is 0 Å². The van der Waals surface area contributed by atoms with Crippen LogP contribution in [0.1, 0.15) is 31.9 Å². The molecule has 0 aromatic heterocycles. The summed E-state index contributed by atoms with van der Waals surface area (Å²) < 4.78 is 5.29. The molecule has 1 rings (SSSR count). The molecule has 0 atom stereocenters. The van der Waals surface area contributed by atoms with Crippen LogP contribution in [-0.4, -0.2) is 12.6 Å². The topological polar surface area (TPSA) is 35.2 Å². The van der Waals surface area contributed by atoms with Crippen molar-refractivity contribution in [1.29, 1.82) is 0 Å². The van der Waals surface area contributed by atoms with E-state index in [1.54, 1.807) is 7.11 Å². The maximum absolute atomic E-state index is 6.00. The summed E-state index contributed by atoms with van der Waals surface area (Å²) in [5, 5.41) is 0. The highest BCUT2D eigenvalue weighted by Crippen LogP contribution is 2.22. The molecule has 15 heavy (non-hydrogen) atoms. The van der Waals surface area contributed by atoms with Gasteiger partial charge in [-0.15, -0.1) is 0 Å². The van der Waals surface area contributed by atoms with Gasteiger partial charge in [-0.05, 0) is 43.9 Å². The molecule has 2 N–H and O–H groups in total. The highest BCUT2D eigenvalue weighted by atomic mass is 16.5. The minimum Gasteiger partial charge on any atom is -0.496 e. The number of hydrogen-bond acceptors (Lipinski definition) is 2. The van der Waals surface area contributed by atoms with E-state index in [0.717, 1.165) is 18.6 Å². The second-order valence-electron chi connectivity index (χ2n) is 4.67. The van der Waals surface area contributed by atoms with Crippen LogP contribution in [0.15, 0.2) is 18.2 Å². The maximum Gasteiger partial charge on any atom is 0.122 e. The minimum absolute atomic E-state index is 0.153. The molecule has 84 valence electrons. The zero-order valence-corrected chi connectivity index (χ0v) is 10.1. The van der Waals surface area contributed by atoms with Crippen molar-refractivity contribution in [3.63, 3.8) is 0 Å². The van der Waals surface area contributed by atoms with E-state index in [0.29, 0.717) is 0 Å². The first-order valence-electron chi connectivity index (χ1n) is 5.41. The zero-order chi connectivity index (χ0) is 11.5. The lowest BCUT2D eigenvalue weighted by atomic mass is 9.94. The van der Waals surface area contributed by atoms with E-state index in [9.17, 15) is 0 Å². The fourth-order valence-corrected chi connectivity index (χ4v) is 1.74. The van der Waals surface area contributed by atoms with Crippen LogP contribution < -0.4 is 10.5 Å². The van der Waals surface area contributed by atoms with Crippen LogP contribution in [0.4, 0.5) is 0 Å². The Bertz CT molecular complexity index is 326. The highest BCUT2D eigenvalue weighted by Gasteiger charge is 2.12. The van der Waals surface area contributed by atoms with Gasteiger partial charge in [0.25, 0.3) is 0 Å². The molecule has 0 amide bonds. The molecule has 2 heteroatoms. The van der Waals surface area contributed by atoms with Gasteiger partial charge in [-0.1, -0.05) is 19.1 Å². The Kier molecular flexibility index (Phi) is 3.75. The third-order valence-electron chi connectivity index (χ3n) is 2.39. The smallest absolute Gasteiger partial charge is 0.122 e. The molecule has 0 bridgehead atoms. The lowest BCUT2D eigenvalue weighted by molar-refractivity contribution is 0.409. The molecule has 0 saturated carbocycles. The van der Waals surface area contributed by atoms with Crippen molar-refractivity contribution in [3.8, 4) is 5.75 Å². The van der Waals surface area contributed by atoms with Gasteiger partial charge in [0.15, 0.2) is 0 Å². The van der Waals surface area contributed by atoms with Crippen LogP contribution in [0.5, 0.6) is 5.75 Å². The third-order valence-corrected chi connectivity index (χ3v) is 2.39. The van der Waals surface area contributed by atoms with E-state index in [-0.39, 0.29) is 5.54 Å². The Labute approximate surface area is 92.4 Å². The van der Waals surface area contributed by atoms with Crippen LogP contribution in [0.25, 0.3) is 0 Å². The Morgan fingerprint density at radius 1 is 1.33 bits per heavy atom. The third kappa shape index (κ3) is 3.56. The van der Waals surface area contributed by atoms with Crippen molar-refractivity contribution in [2.24, 2.45) is 5.73 Å². The first-order valence-corrected chi connectivity index (χ1v) is 5.41. The summed E-state index contributed by atoms with van der Waals surface area (Å²) in [6.07, 6.45) is 1.88. The van der Waals surface area contributed by atoms with Crippen LogP contribution in [-0.2, 0) is 12.8 Å². The van der Waals surface area contributed by atoms with E-state index in [2.05, 4.69) is 19.1 Å². The van der Waals surface area contributed by atoms with Crippen molar-refractivity contribution >= 4 is 0 Å². The fraction of sp³-hybridized carbons (Fsp3) is 0.538. The fourth-order valence-electron chi connectivity index (χ4n) is 1.74. The number of rotatable bonds is 4. The molecule has 0 saturated heterocycles. The first kappa shape index (κ1) is 12.1. The van der Waals surface area contributed by atoms with Gasteiger partial charge in [0, 0.05) is 5.54 Å². The van der Waals surface area contributed by atoms with Crippen molar-refractivity contribution in [3.05, 3.63) is 29.3 Å². The second-order valence-corrected chi connectivity index (χ2v) is 4.67. The monoisotopic (exact) mass is 207 g/mol. The van der Waals surface area contributed by atoms with Gasteiger partial charge >= 0.3 is 0 Å². The quantitative estimate of drug-likeness (QED) is 0.823. The zero-order valence-electron chi connectivity index (χ0n) is 10.1. The van der Waals surface area contributed by atoms with Gasteiger partial charge in [-0.2, -0.15) is 0 Å². The van der Waals surface area contributed by atoms with Crippen molar-refractivity contribution in [2.45, 2.75) is 39.2 Å². The molecule has 2 nitrogen and oxygen atoms in total. The summed E-state index contributed by atoms with van der Waals surface area (Å²) in [7, 11) is 1.71. The lowest BCUT2D eigenvalue weighted by Crippen LogP contribution is -2.34. The lowest BCUT2D eigenvalue weighted by Gasteiger charge is -2.19. The molecular formula is C13H21NO. The molecule has 1 aromatic carbocycles. The molecule has 0 heterocycles. The summed E-state index contributed by atoms with van der Waals surface area (Å²) in [4.78, 5) is 0. The molecule has 0 fully saturated rings. The summed E-state index contributed by atoms with van der Waals surface area (Å²) in [5.41, 5.74) is 8.37. The number of nitrogens with two attached hydrogens (primary N) is 1. The van der Waals surface area contributed by atoms with Gasteiger partial charge < -0.3 is 10.5 Å². The average molecular weight is 207 g/mol. The SMILES string of the molecule is CCc1cc(CC(C)(C)N)ccc1OC. The number of methoxy groups -OCH3 is 1. The summed E-state index contributed by atoms with van der Waals surface area (Å²) in [5.74, 6) is 0.969. The molecule has 0 aliphatic heterocycles. The van der Waals surface area contributed by atoms with E-state index in [4.69, 9.17) is 10.5 Å². The van der Waals surface area contributed by atoms with E-state index >= 15 is 0 Å². The molecule has 0 aliphatic carbocycles. The predicted octanol–water partition coefficient (Wildman–Crippen LogP) is 2.54. The van der Waals surface area contributed by atoms with Crippen LogP contribution in [0.2, 0.25) is 0 Å². The van der Waals surface area contributed by atoms with Gasteiger partial charge in [-0.25, -0.2) is 0 Å².